The van der Waals surface area contributed by atoms with Crippen LogP contribution in [0.2, 0.25) is 0 Å². The van der Waals surface area contributed by atoms with Gasteiger partial charge in [0.2, 0.25) is 11.8 Å². The van der Waals surface area contributed by atoms with Crippen LogP contribution in [0.1, 0.15) is 10.4 Å². The zero-order valence-electron chi connectivity index (χ0n) is 13.8. The highest BCUT2D eigenvalue weighted by Gasteiger charge is 2.19. The molecular formula is C21H15N3O2. The Kier molecular flexibility index (Phi) is 4.26. The lowest BCUT2D eigenvalue weighted by atomic mass is 10.1. The first kappa shape index (κ1) is 15.8. The number of nitrogens with one attached hydrogen (secondary N) is 1. The van der Waals surface area contributed by atoms with Gasteiger partial charge in [-0.1, -0.05) is 48.5 Å². The van der Waals surface area contributed by atoms with Crippen LogP contribution in [0.25, 0.3) is 22.7 Å². The van der Waals surface area contributed by atoms with E-state index in [2.05, 4.69) is 15.3 Å². The van der Waals surface area contributed by atoms with E-state index in [0.717, 1.165) is 11.1 Å². The Morgan fingerprint density at radius 2 is 1.42 bits per heavy atom. The summed E-state index contributed by atoms with van der Waals surface area (Å²) >= 11 is 0. The summed E-state index contributed by atoms with van der Waals surface area (Å²) in [6.45, 7) is 0. The maximum Gasteiger partial charge on any atom is 0.258 e. The molecule has 126 valence electrons. The maximum absolute atomic E-state index is 12.5. The minimum atomic E-state index is -0.277. The minimum absolute atomic E-state index is 0.277. The fourth-order valence-electron chi connectivity index (χ4n) is 2.58. The fraction of sp³-hybridized carbons (Fsp3) is 0. The zero-order valence-corrected chi connectivity index (χ0v) is 13.8. The lowest BCUT2D eigenvalue weighted by Gasteiger charge is -2.04. The van der Waals surface area contributed by atoms with Gasteiger partial charge >= 0.3 is 0 Å². The van der Waals surface area contributed by atoms with Crippen LogP contribution in [-0.2, 0) is 0 Å². The van der Waals surface area contributed by atoms with Crippen LogP contribution in [-0.4, -0.2) is 15.9 Å². The van der Waals surface area contributed by atoms with Gasteiger partial charge in [0, 0.05) is 29.1 Å². The van der Waals surface area contributed by atoms with Crippen molar-refractivity contribution in [2.24, 2.45) is 0 Å². The van der Waals surface area contributed by atoms with Crippen molar-refractivity contribution in [3.05, 3.63) is 90.8 Å². The third kappa shape index (κ3) is 3.23. The van der Waals surface area contributed by atoms with Crippen molar-refractivity contribution in [3.8, 4) is 22.7 Å². The van der Waals surface area contributed by atoms with Crippen molar-refractivity contribution in [2.45, 2.75) is 0 Å². The van der Waals surface area contributed by atoms with Crippen LogP contribution >= 0.6 is 0 Å². The molecule has 0 aliphatic rings. The van der Waals surface area contributed by atoms with Crippen molar-refractivity contribution in [2.75, 3.05) is 5.32 Å². The van der Waals surface area contributed by atoms with Crippen LogP contribution < -0.4 is 5.32 Å². The molecule has 0 unspecified atom stereocenters. The monoisotopic (exact) mass is 341 g/mol. The van der Waals surface area contributed by atoms with Gasteiger partial charge in [0.25, 0.3) is 5.91 Å². The van der Waals surface area contributed by atoms with Crippen molar-refractivity contribution >= 4 is 11.8 Å². The normalized spacial score (nSPS) is 10.5. The van der Waals surface area contributed by atoms with Gasteiger partial charge in [0.15, 0.2) is 0 Å². The molecule has 4 rings (SSSR count). The van der Waals surface area contributed by atoms with Gasteiger partial charge < -0.3 is 4.42 Å². The number of carbonyl (C=O) groups excluding carboxylic acids is 1. The smallest absolute Gasteiger partial charge is 0.258 e. The van der Waals surface area contributed by atoms with E-state index < -0.39 is 0 Å². The Labute approximate surface area is 150 Å². The number of rotatable bonds is 4. The summed E-state index contributed by atoms with van der Waals surface area (Å²) in [5.74, 6) is 0.492. The van der Waals surface area contributed by atoms with E-state index in [1.807, 2.05) is 60.7 Å². The van der Waals surface area contributed by atoms with E-state index in [0.29, 0.717) is 23.0 Å². The molecule has 0 aliphatic heterocycles. The minimum Gasteiger partial charge on any atom is -0.420 e. The molecule has 0 fully saturated rings. The van der Waals surface area contributed by atoms with E-state index in [1.165, 1.54) is 0 Å². The number of hydrogen-bond donors (Lipinski definition) is 1. The summed E-state index contributed by atoms with van der Waals surface area (Å²) in [5, 5.41) is 2.82. The molecule has 0 saturated carbocycles. The van der Waals surface area contributed by atoms with Gasteiger partial charge in [-0.05, 0) is 24.3 Å². The van der Waals surface area contributed by atoms with Crippen molar-refractivity contribution in [3.63, 3.8) is 0 Å². The van der Waals surface area contributed by atoms with Gasteiger partial charge in [-0.2, -0.15) is 0 Å². The third-order valence-electron chi connectivity index (χ3n) is 3.86. The Hall–Kier alpha value is -3.73. The van der Waals surface area contributed by atoms with E-state index in [4.69, 9.17) is 4.42 Å². The lowest BCUT2D eigenvalue weighted by molar-refractivity contribution is 0.102. The number of nitrogens with zero attached hydrogens (tertiary/aromatic N) is 2. The van der Waals surface area contributed by atoms with Gasteiger partial charge in [0.05, 0.1) is 0 Å². The molecule has 5 nitrogen and oxygen atoms in total. The molecule has 2 heterocycles. The van der Waals surface area contributed by atoms with Crippen LogP contribution in [0.3, 0.4) is 0 Å². The number of carbonyl (C=O) groups is 1. The highest BCUT2D eigenvalue weighted by Crippen LogP contribution is 2.32. The van der Waals surface area contributed by atoms with Crippen molar-refractivity contribution < 1.29 is 9.21 Å². The van der Waals surface area contributed by atoms with Gasteiger partial charge in [0.1, 0.15) is 5.69 Å². The SMILES string of the molecule is O=C(Nc1oc(-c2ccccc2)nc1-c1ccccc1)c1ccncc1. The fourth-order valence-corrected chi connectivity index (χ4v) is 2.58. The van der Waals surface area contributed by atoms with Crippen LogP contribution in [0.15, 0.2) is 89.6 Å². The van der Waals surface area contributed by atoms with E-state index in [9.17, 15) is 4.79 Å². The standard InChI is InChI=1S/C21H15N3O2/c25-19(16-11-13-22-14-12-16)24-21-18(15-7-3-1-4-8-15)23-20(26-21)17-9-5-2-6-10-17/h1-14H,(H,24,25). The van der Waals surface area contributed by atoms with E-state index in [1.54, 1.807) is 24.5 Å². The largest absolute Gasteiger partial charge is 0.420 e. The van der Waals surface area contributed by atoms with Crippen LogP contribution in [0.5, 0.6) is 0 Å². The lowest BCUT2D eigenvalue weighted by Crippen LogP contribution is -2.11. The Balaban J connectivity index is 1.75. The number of benzene rings is 2. The molecule has 5 heteroatoms. The molecule has 1 amide bonds. The quantitative estimate of drug-likeness (QED) is 0.586. The summed E-state index contributed by atoms with van der Waals surface area (Å²) in [6.07, 6.45) is 3.14. The number of pyridine rings is 1. The summed E-state index contributed by atoms with van der Waals surface area (Å²) in [7, 11) is 0. The first-order valence-electron chi connectivity index (χ1n) is 8.14. The maximum atomic E-state index is 12.5. The second-order valence-electron chi connectivity index (χ2n) is 5.62. The molecule has 2 aromatic carbocycles. The molecule has 0 spiro atoms. The number of amides is 1. The highest BCUT2D eigenvalue weighted by atomic mass is 16.4. The first-order chi connectivity index (χ1) is 12.8. The molecule has 0 bridgehead atoms. The molecule has 4 aromatic rings. The van der Waals surface area contributed by atoms with Gasteiger partial charge in [-0.15, -0.1) is 0 Å². The second-order valence-corrected chi connectivity index (χ2v) is 5.62. The van der Waals surface area contributed by atoms with Gasteiger partial charge in [-0.3, -0.25) is 15.1 Å². The third-order valence-corrected chi connectivity index (χ3v) is 3.86. The Morgan fingerprint density at radius 3 is 2.08 bits per heavy atom. The molecule has 2 aromatic heterocycles. The average molecular weight is 341 g/mol. The highest BCUT2D eigenvalue weighted by molar-refractivity contribution is 6.05. The number of anilines is 1. The van der Waals surface area contributed by atoms with Crippen LogP contribution in [0, 0.1) is 0 Å². The first-order valence-corrected chi connectivity index (χ1v) is 8.14. The summed E-state index contributed by atoms with van der Waals surface area (Å²) in [6, 6.07) is 22.5. The predicted octanol–water partition coefficient (Wildman–Crippen LogP) is 4.66. The molecule has 26 heavy (non-hydrogen) atoms. The number of hydrogen-bond acceptors (Lipinski definition) is 4. The molecule has 0 radical (unpaired) electrons. The molecule has 0 saturated heterocycles. The molecule has 0 atom stereocenters. The Morgan fingerprint density at radius 1 is 0.808 bits per heavy atom. The van der Waals surface area contributed by atoms with E-state index >= 15 is 0 Å². The Bertz CT molecular complexity index is 1010. The summed E-state index contributed by atoms with van der Waals surface area (Å²) in [4.78, 5) is 21.0. The molecule has 0 aliphatic carbocycles. The zero-order chi connectivity index (χ0) is 17.8. The predicted molar refractivity (Wildman–Crippen MR) is 99.6 cm³/mol. The van der Waals surface area contributed by atoms with Crippen molar-refractivity contribution in [1.82, 2.24) is 9.97 Å². The topological polar surface area (TPSA) is 68.0 Å². The van der Waals surface area contributed by atoms with E-state index in [-0.39, 0.29) is 5.91 Å². The van der Waals surface area contributed by atoms with Crippen LogP contribution in [0.4, 0.5) is 5.88 Å². The molecular weight excluding hydrogens is 326 g/mol. The number of oxazole rings is 1. The van der Waals surface area contributed by atoms with Crippen molar-refractivity contribution in [1.29, 1.82) is 0 Å². The van der Waals surface area contributed by atoms with Gasteiger partial charge in [-0.25, -0.2) is 4.98 Å². The average Bonchev–Trinajstić information content (AvgIpc) is 3.14. The summed E-state index contributed by atoms with van der Waals surface area (Å²) < 4.78 is 5.89. The number of aromatic nitrogens is 2. The summed E-state index contributed by atoms with van der Waals surface area (Å²) in [5.41, 5.74) is 2.79. The molecule has 1 N–H and O–H groups in total. The second kappa shape index (κ2) is 7.03.